The van der Waals surface area contributed by atoms with E-state index in [1.54, 1.807) is 43.4 Å². The largest absolute Gasteiger partial charge is 0.330 e. The molecule has 138 heavy (non-hydrogen) atoms. The second-order valence-electron chi connectivity index (χ2n) is 37.0. The average molecular weight is 2110 g/mol. The Balaban J connectivity index is -0.000000195. The Morgan fingerprint density at radius 3 is 0.543 bits per heavy atom. The summed E-state index contributed by atoms with van der Waals surface area (Å²) >= 11 is 12.2. The predicted molar refractivity (Wildman–Crippen MR) is 630 cm³/mol. The van der Waals surface area contributed by atoms with Crippen molar-refractivity contribution in [3.05, 3.63) is 60.8 Å². The summed E-state index contributed by atoms with van der Waals surface area (Å²) in [6, 6.07) is 0. The van der Waals surface area contributed by atoms with Crippen LogP contribution in [-0.4, -0.2) is 377 Å². The SMILES string of the molecule is C#CC(=O)SCC[N+](C)(C)C.C#CC(=O)SCC[N+](CC)(CC)CC.C#CC(=O)SCC[N+](CC)(CCC)CCC.C#CC(=O)SCC[N+](CC)(CCC)CCCC.C/C=C/C(=O)SCC[N+](C)(C)C.C/C=C/C(=O)SCC[N+](CC)(CC)CC.C/C=C/C(=O)SCC[N+](CC)(CCC)CCC.C/C=C/C(=O)SCC[N+](CC)(CCC)CCCC.C=C(C)C(=O)SCC[N+](CC)(CCC)CCCC. The average Bonchev–Trinajstić information content (AvgIpc) is 0.913. The van der Waals surface area contributed by atoms with Gasteiger partial charge in [0.25, 0.3) is 20.5 Å². The van der Waals surface area contributed by atoms with Crippen molar-refractivity contribution in [1.82, 2.24) is 0 Å². The van der Waals surface area contributed by atoms with Crippen LogP contribution in [0.25, 0.3) is 0 Å². The lowest BCUT2D eigenvalue weighted by Gasteiger charge is -2.37. The first-order chi connectivity index (χ1) is 65.2. The van der Waals surface area contributed by atoms with Crippen molar-refractivity contribution in [1.29, 1.82) is 0 Å². The van der Waals surface area contributed by atoms with Crippen molar-refractivity contribution in [2.24, 2.45) is 0 Å². The molecule has 0 heterocycles. The van der Waals surface area contributed by atoms with Crippen LogP contribution in [0.4, 0.5) is 0 Å². The van der Waals surface area contributed by atoms with E-state index in [9.17, 15) is 43.2 Å². The minimum Gasteiger partial charge on any atom is -0.330 e. The van der Waals surface area contributed by atoms with Gasteiger partial charge in [0.05, 0.1) is 290 Å². The Morgan fingerprint density at radius 1 is 0.232 bits per heavy atom. The number of quaternary nitrogens is 9. The van der Waals surface area contributed by atoms with E-state index in [1.165, 1.54) is 288 Å². The van der Waals surface area contributed by atoms with E-state index in [1.807, 2.05) is 39.8 Å². The molecule has 3 unspecified atom stereocenters. The molecular weight excluding hydrogens is 1890 g/mol. The highest BCUT2D eigenvalue weighted by atomic mass is 32.2. The van der Waals surface area contributed by atoms with Gasteiger partial charge in [-0.05, 0) is 229 Å². The first-order valence-corrected chi connectivity index (χ1v) is 61.2. The lowest BCUT2D eigenvalue weighted by Crippen LogP contribution is -2.50. The molecule has 0 rings (SSSR count). The van der Waals surface area contributed by atoms with Crippen LogP contribution in [0.3, 0.4) is 0 Å². The number of hydrogen-bond donors (Lipinski definition) is 0. The molecule has 0 aromatic heterocycles. The first kappa shape index (κ1) is 152. The summed E-state index contributed by atoms with van der Waals surface area (Å²) < 4.78 is 9.75. The molecule has 802 valence electrons. The molecule has 0 aromatic carbocycles. The van der Waals surface area contributed by atoms with E-state index < -0.39 is 0 Å². The zero-order chi connectivity index (χ0) is 108. The number of terminal acetylenes is 4. The van der Waals surface area contributed by atoms with E-state index in [4.69, 9.17) is 25.7 Å². The molecule has 0 saturated carbocycles. The topological polar surface area (TPSA) is 154 Å². The summed E-state index contributed by atoms with van der Waals surface area (Å²) in [4.78, 5) is 100. The molecule has 0 saturated heterocycles. The van der Waals surface area contributed by atoms with Crippen molar-refractivity contribution in [3.8, 4) is 49.4 Å². The molecule has 0 aliphatic heterocycles. The highest BCUT2D eigenvalue weighted by Gasteiger charge is 2.30. The Hall–Kier alpha value is -3.24. The van der Waals surface area contributed by atoms with Crippen LogP contribution in [0.1, 0.15) is 263 Å². The summed E-state index contributed by atoms with van der Waals surface area (Å²) in [5.41, 5.74) is 0.665. The Kier molecular flexibility index (Phi) is 110. The Labute approximate surface area is 892 Å². The molecule has 3 atom stereocenters. The number of carbonyl (C=O) groups is 9. The molecule has 0 aliphatic carbocycles. The maximum absolute atomic E-state index is 11.5. The third kappa shape index (κ3) is 90.3. The highest BCUT2D eigenvalue weighted by molar-refractivity contribution is 8.16. The zero-order valence-electron chi connectivity index (χ0n) is 94.8. The van der Waals surface area contributed by atoms with Crippen molar-refractivity contribution in [3.63, 3.8) is 0 Å². The standard InChI is InChI=1S/2C15H30NOS.C14H26NOS.C14H28NOS.C13H24NOS.C12H24NOS.C11H20NOS.C9H18NOS.C8H14NOS/c1-6-9-11-16(8-3,10-7-2)12-13-18-15(17)14(4)5;1-5-9-12-16(8-4,11-7-3)13-14-18-15(17)10-6-2;1-5-9-11-15(8-4,10-6-2)12-13-17-14(16)7-3;1-5-9-14(16)17-13-12-15(8-4,10-6-2)11-7-3;1-5-9-14(8-4,10-6-2)11-12-16-13(15)7-3;1-5-9-12(14)15-11-10-13(6-2,7-3)8-4;1-5-11(13)14-10-9-12(6-2,7-3)8-4;1-5-6-9(11)12-8-7-10(2,3)4;1-5-8(10)11-7-6-9(2,3)4/h4,6-13H2,1-3,5H3;6,10H,5,7-9,11-14H2,1-4H3;3H,5-6,8-13H2,1-2,4H3;5,9H,6-8,10-13H2,1-4H3;3H,5-6,8-12H2,1-2,4H3;5,9H,6-8,10-11H2,1-4H3;1H,6-10H2,2-4H3;5-6H,7-8H2,1-4H3;1H,6-7H2,2-4H3/q9*+1/b;10-6+;;9-5+;;9-5+;;6-5+;. The molecule has 18 nitrogen and oxygen atoms in total. The minimum atomic E-state index is -0.168. The van der Waals surface area contributed by atoms with Gasteiger partial charge in [0.15, 0.2) is 0 Å². The predicted octanol–water partition coefficient (Wildman–Crippen LogP) is 23.2. The van der Waals surface area contributed by atoms with Crippen LogP contribution < -0.4 is 0 Å². The van der Waals surface area contributed by atoms with Gasteiger partial charge in [0, 0.05) is 0 Å². The van der Waals surface area contributed by atoms with Gasteiger partial charge in [-0.15, -0.1) is 25.7 Å². The van der Waals surface area contributed by atoms with Gasteiger partial charge in [-0.2, -0.15) is 0 Å². The van der Waals surface area contributed by atoms with Gasteiger partial charge < -0.3 is 40.3 Å². The Morgan fingerprint density at radius 2 is 0.391 bits per heavy atom. The smallest absolute Gasteiger partial charge is 0.262 e. The third-order valence-electron chi connectivity index (χ3n) is 24.9. The molecule has 0 radical (unpaired) electrons. The number of thioether (sulfide) groups is 9. The molecule has 0 spiro atoms. The molecule has 0 aliphatic rings. The summed E-state index contributed by atoms with van der Waals surface area (Å²) in [7, 11) is 12.6. The zero-order valence-corrected chi connectivity index (χ0v) is 102. The van der Waals surface area contributed by atoms with Crippen LogP contribution in [0.15, 0.2) is 60.8 Å². The maximum Gasteiger partial charge on any atom is 0.262 e. The van der Waals surface area contributed by atoms with Crippen molar-refractivity contribution >= 4 is 152 Å². The second kappa shape index (κ2) is 99.7. The molecule has 0 amide bonds. The lowest BCUT2D eigenvalue weighted by molar-refractivity contribution is -0.924. The fourth-order valence-electron chi connectivity index (χ4n) is 15.3. The van der Waals surface area contributed by atoms with Crippen molar-refractivity contribution in [2.75, 3.05) is 290 Å². The van der Waals surface area contributed by atoms with E-state index in [2.05, 4.69) is 218 Å². The van der Waals surface area contributed by atoms with E-state index in [0.29, 0.717) is 5.57 Å². The van der Waals surface area contributed by atoms with Crippen LogP contribution in [0.2, 0.25) is 0 Å². The van der Waals surface area contributed by atoms with Gasteiger partial charge in [-0.3, -0.25) is 43.2 Å². The van der Waals surface area contributed by atoms with Gasteiger partial charge in [0.1, 0.15) is 0 Å². The molecule has 0 N–H and O–H groups in total. The number of hydrogen-bond acceptors (Lipinski definition) is 18. The first-order valence-electron chi connectivity index (χ1n) is 52.3. The van der Waals surface area contributed by atoms with Crippen LogP contribution in [0.5, 0.6) is 0 Å². The molecule has 0 aromatic rings. The quantitative estimate of drug-likeness (QED) is 0.0322. The summed E-state index contributed by atoms with van der Waals surface area (Å²) in [6.45, 7) is 94.5. The molecule has 27 heteroatoms. The number of carbonyl (C=O) groups excluding carboxylic acids is 9. The van der Waals surface area contributed by atoms with Gasteiger partial charge in [-0.25, -0.2) is 0 Å². The summed E-state index contributed by atoms with van der Waals surface area (Å²) in [5, 5.41) is 0.285. The van der Waals surface area contributed by atoms with Crippen molar-refractivity contribution < 1.29 is 83.5 Å². The second-order valence-corrected chi connectivity index (χ2v) is 46.7. The number of nitrogens with zero attached hydrogens (tertiary/aromatic N) is 9. The van der Waals surface area contributed by atoms with Crippen molar-refractivity contribution in [2.45, 2.75) is 263 Å². The van der Waals surface area contributed by atoms with Crippen LogP contribution in [0, 0.1) is 49.4 Å². The van der Waals surface area contributed by atoms with E-state index in [0.717, 1.165) is 190 Å². The normalized spacial score (nSPS) is 12.7. The number of unbranched alkanes of at least 4 members (excludes halogenated alkanes) is 3. The third-order valence-corrected chi connectivity index (χ3v) is 32.2. The monoisotopic (exact) mass is 2110 g/mol. The fourth-order valence-corrected chi connectivity index (χ4v) is 23.2. The molecule has 0 fully saturated rings. The van der Waals surface area contributed by atoms with Crippen LogP contribution >= 0.6 is 106 Å². The fraction of sp³-hybridized carbons (Fsp3) is 0.757. The minimum absolute atomic E-state index is 0.133. The highest BCUT2D eigenvalue weighted by Crippen LogP contribution is 2.22. The number of rotatable bonds is 66. The summed E-state index contributed by atoms with van der Waals surface area (Å²) in [5.74, 6) is 16.5. The number of allylic oxidation sites excluding steroid dienone is 4. The molecule has 0 bridgehead atoms. The molecular formula is C111H214N9O9S9+9. The van der Waals surface area contributed by atoms with Gasteiger partial charge in [-0.1, -0.05) is 225 Å². The van der Waals surface area contributed by atoms with Gasteiger partial charge >= 0.3 is 0 Å². The summed E-state index contributed by atoms with van der Waals surface area (Å²) in [6.07, 6.45) is 49.9. The Bertz CT molecular complexity index is 3390. The van der Waals surface area contributed by atoms with E-state index >= 15 is 0 Å². The van der Waals surface area contributed by atoms with Gasteiger partial charge in [0.2, 0.25) is 25.6 Å². The maximum atomic E-state index is 11.5. The van der Waals surface area contributed by atoms with Crippen LogP contribution in [-0.2, 0) is 43.2 Å². The lowest BCUT2D eigenvalue weighted by atomic mass is 10.2. The van der Waals surface area contributed by atoms with E-state index in [-0.39, 0.29) is 46.0 Å².